The number of hydrogen-bond acceptors (Lipinski definition) is 4. The van der Waals surface area contributed by atoms with E-state index in [2.05, 4.69) is 37.1 Å². The molecule has 20 heavy (non-hydrogen) atoms. The molecule has 1 saturated carbocycles. The highest BCUT2D eigenvalue weighted by atomic mass is 32.2. The molecule has 1 fully saturated rings. The summed E-state index contributed by atoms with van der Waals surface area (Å²) in [7, 11) is 2.06. The van der Waals surface area contributed by atoms with E-state index < -0.39 is 5.60 Å². The first-order valence-corrected chi connectivity index (χ1v) is 8.46. The molecular formula is C16H26N2OS. The fraction of sp³-hybridized carbons (Fsp3) is 0.625. The van der Waals surface area contributed by atoms with E-state index in [4.69, 9.17) is 5.73 Å². The highest BCUT2D eigenvalue weighted by molar-refractivity contribution is 7.99. The number of hydrogen-bond donors (Lipinski definition) is 2. The second kappa shape index (κ2) is 6.83. The third-order valence-corrected chi connectivity index (χ3v) is 5.07. The second-order valence-electron chi connectivity index (χ2n) is 5.68. The lowest BCUT2D eigenvalue weighted by Gasteiger charge is -2.31. The minimum atomic E-state index is -0.519. The summed E-state index contributed by atoms with van der Waals surface area (Å²) in [5, 5.41) is 10.6. The van der Waals surface area contributed by atoms with E-state index in [1.165, 1.54) is 10.5 Å². The lowest BCUT2D eigenvalue weighted by atomic mass is 10.0. The summed E-state index contributed by atoms with van der Waals surface area (Å²) in [4.78, 5) is 3.44. The molecule has 0 bridgehead atoms. The van der Waals surface area contributed by atoms with Crippen molar-refractivity contribution >= 4 is 17.4 Å². The predicted molar refractivity (Wildman–Crippen MR) is 87.4 cm³/mol. The Balaban J connectivity index is 2.20. The number of nitrogens with two attached hydrogens (primary N) is 1. The molecule has 3 nitrogen and oxygen atoms in total. The first-order chi connectivity index (χ1) is 9.59. The third-order valence-electron chi connectivity index (χ3n) is 4.09. The van der Waals surface area contributed by atoms with Crippen LogP contribution in [0, 0.1) is 0 Å². The zero-order valence-electron chi connectivity index (χ0n) is 12.6. The summed E-state index contributed by atoms with van der Waals surface area (Å²) in [6.07, 6.45) is 4.11. The molecule has 0 amide bonds. The monoisotopic (exact) mass is 294 g/mol. The normalized spacial score (nSPS) is 17.4. The molecule has 0 spiro atoms. The number of thioether (sulfide) groups is 1. The van der Waals surface area contributed by atoms with E-state index in [0.717, 1.165) is 37.1 Å². The van der Waals surface area contributed by atoms with Crippen molar-refractivity contribution in [2.24, 2.45) is 5.73 Å². The Morgan fingerprint density at radius 1 is 1.35 bits per heavy atom. The zero-order chi connectivity index (χ0) is 14.6. The smallest absolute Gasteiger partial charge is 0.0821 e. The molecule has 1 aromatic carbocycles. The van der Waals surface area contributed by atoms with Crippen molar-refractivity contribution in [3.63, 3.8) is 0 Å². The first kappa shape index (κ1) is 15.7. The highest BCUT2D eigenvalue weighted by Crippen LogP contribution is 2.34. The molecule has 1 aromatic rings. The van der Waals surface area contributed by atoms with E-state index in [0.29, 0.717) is 13.1 Å². The van der Waals surface area contributed by atoms with E-state index in [-0.39, 0.29) is 0 Å². The van der Waals surface area contributed by atoms with Crippen molar-refractivity contribution in [2.45, 2.75) is 49.6 Å². The van der Waals surface area contributed by atoms with E-state index in [1.54, 1.807) is 0 Å². The quantitative estimate of drug-likeness (QED) is 0.792. The largest absolute Gasteiger partial charge is 0.388 e. The summed E-state index contributed by atoms with van der Waals surface area (Å²) in [6, 6.07) is 6.33. The average molecular weight is 294 g/mol. The van der Waals surface area contributed by atoms with Crippen molar-refractivity contribution in [1.82, 2.24) is 0 Å². The molecule has 0 saturated heterocycles. The average Bonchev–Trinajstić information content (AvgIpc) is 2.85. The molecule has 4 heteroatoms. The summed E-state index contributed by atoms with van der Waals surface area (Å²) < 4.78 is 0. The van der Waals surface area contributed by atoms with E-state index in [9.17, 15) is 5.11 Å². The summed E-state index contributed by atoms with van der Waals surface area (Å²) in [6.45, 7) is 3.39. The molecular weight excluding hydrogens is 268 g/mol. The van der Waals surface area contributed by atoms with Crippen LogP contribution in [0.15, 0.2) is 23.1 Å². The van der Waals surface area contributed by atoms with Gasteiger partial charge in [-0.1, -0.05) is 25.8 Å². The van der Waals surface area contributed by atoms with Gasteiger partial charge in [0.05, 0.1) is 5.60 Å². The fourth-order valence-electron chi connectivity index (χ4n) is 3.13. The Morgan fingerprint density at radius 3 is 2.65 bits per heavy atom. The standard InChI is InChI=1S/C16H26N2OS/c1-3-20-15-8-6-7-14(13(15)11-17)18(2)12-16(19)9-4-5-10-16/h6-8,19H,3-5,9-12,17H2,1-2H3. The van der Waals surface area contributed by atoms with E-state index >= 15 is 0 Å². The molecule has 0 unspecified atom stereocenters. The van der Waals surface area contributed by atoms with Gasteiger partial charge in [-0.3, -0.25) is 0 Å². The van der Waals surface area contributed by atoms with Gasteiger partial charge in [0.15, 0.2) is 0 Å². The molecule has 1 aliphatic rings. The number of rotatable bonds is 6. The van der Waals surface area contributed by atoms with Crippen LogP contribution in [0.2, 0.25) is 0 Å². The molecule has 3 N–H and O–H groups in total. The SMILES string of the molecule is CCSc1cccc(N(C)CC2(O)CCCC2)c1CN. The van der Waals surface area contributed by atoms with Gasteiger partial charge in [-0.05, 0) is 30.7 Å². The third kappa shape index (κ3) is 3.48. The van der Waals surface area contributed by atoms with Gasteiger partial charge in [-0.15, -0.1) is 11.8 Å². The highest BCUT2D eigenvalue weighted by Gasteiger charge is 2.32. The number of aliphatic hydroxyl groups is 1. The number of anilines is 1. The van der Waals surface area contributed by atoms with Gasteiger partial charge in [0.25, 0.3) is 0 Å². The van der Waals surface area contributed by atoms with Crippen LogP contribution in [-0.4, -0.2) is 30.1 Å². The van der Waals surface area contributed by atoms with Crippen LogP contribution in [0.1, 0.15) is 38.2 Å². The molecule has 112 valence electrons. The second-order valence-corrected chi connectivity index (χ2v) is 6.98. The maximum atomic E-state index is 10.6. The predicted octanol–water partition coefficient (Wildman–Crippen LogP) is 3.00. The lowest BCUT2D eigenvalue weighted by Crippen LogP contribution is -2.39. The minimum Gasteiger partial charge on any atom is -0.388 e. The molecule has 0 aromatic heterocycles. The maximum absolute atomic E-state index is 10.6. The van der Waals surface area contributed by atoms with Crippen LogP contribution in [0.5, 0.6) is 0 Å². The number of nitrogens with zero attached hydrogens (tertiary/aromatic N) is 1. The molecule has 0 aliphatic heterocycles. The van der Waals surface area contributed by atoms with Crippen molar-refractivity contribution in [3.8, 4) is 0 Å². The van der Waals surface area contributed by atoms with Crippen LogP contribution < -0.4 is 10.6 Å². The minimum absolute atomic E-state index is 0.519. The van der Waals surface area contributed by atoms with Gasteiger partial charge in [0, 0.05) is 36.3 Å². The summed E-state index contributed by atoms with van der Waals surface area (Å²) in [5.74, 6) is 1.05. The van der Waals surface area contributed by atoms with Crippen molar-refractivity contribution in [2.75, 3.05) is 24.2 Å². The lowest BCUT2D eigenvalue weighted by molar-refractivity contribution is 0.0559. The Kier molecular flexibility index (Phi) is 5.35. The van der Waals surface area contributed by atoms with Crippen LogP contribution in [0.25, 0.3) is 0 Å². The van der Waals surface area contributed by atoms with Gasteiger partial charge >= 0.3 is 0 Å². The Labute approximate surface area is 126 Å². The molecule has 1 aliphatic carbocycles. The van der Waals surface area contributed by atoms with Gasteiger partial charge in [-0.2, -0.15) is 0 Å². The van der Waals surface area contributed by atoms with Gasteiger partial charge < -0.3 is 15.7 Å². The van der Waals surface area contributed by atoms with Crippen LogP contribution in [-0.2, 0) is 6.54 Å². The van der Waals surface area contributed by atoms with Crippen molar-refractivity contribution in [1.29, 1.82) is 0 Å². The molecule has 0 heterocycles. The van der Waals surface area contributed by atoms with Gasteiger partial charge in [0.1, 0.15) is 0 Å². The summed E-state index contributed by atoms with van der Waals surface area (Å²) in [5.41, 5.74) is 7.80. The molecule has 0 atom stereocenters. The summed E-state index contributed by atoms with van der Waals surface area (Å²) >= 11 is 1.83. The Bertz CT molecular complexity index is 444. The van der Waals surface area contributed by atoms with Crippen LogP contribution in [0.3, 0.4) is 0 Å². The van der Waals surface area contributed by atoms with Crippen molar-refractivity contribution in [3.05, 3.63) is 23.8 Å². The molecule has 2 rings (SSSR count). The number of benzene rings is 1. The topological polar surface area (TPSA) is 49.5 Å². The van der Waals surface area contributed by atoms with E-state index in [1.807, 2.05) is 11.8 Å². The van der Waals surface area contributed by atoms with Crippen LogP contribution >= 0.6 is 11.8 Å². The first-order valence-electron chi connectivity index (χ1n) is 7.48. The Morgan fingerprint density at radius 2 is 2.05 bits per heavy atom. The van der Waals surface area contributed by atoms with Crippen LogP contribution in [0.4, 0.5) is 5.69 Å². The zero-order valence-corrected chi connectivity index (χ0v) is 13.4. The Hall–Kier alpha value is -0.710. The van der Waals surface area contributed by atoms with Gasteiger partial charge in [-0.25, -0.2) is 0 Å². The van der Waals surface area contributed by atoms with Crippen molar-refractivity contribution < 1.29 is 5.11 Å². The molecule has 0 radical (unpaired) electrons. The maximum Gasteiger partial charge on any atom is 0.0821 e. The van der Waals surface area contributed by atoms with Gasteiger partial charge in [0.2, 0.25) is 0 Å². The fourth-order valence-corrected chi connectivity index (χ4v) is 3.97. The number of likely N-dealkylation sites (N-methyl/N-ethyl adjacent to an activating group) is 1.